The monoisotopic (exact) mass is 263 g/mol. The number of nitrogens with zero attached hydrogens (tertiary/aromatic N) is 1. The number of aryl methyl sites for hydroxylation is 1. The Kier molecular flexibility index (Phi) is 3.53. The maximum atomic E-state index is 12.2. The van der Waals surface area contributed by atoms with E-state index in [4.69, 9.17) is 0 Å². The lowest BCUT2D eigenvalue weighted by Gasteiger charge is -2.24. The fourth-order valence-electron chi connectivity index (χ4n) is 2.27. The topological polar surface area (TPSA) is 84.3 Å². The van der Waals surface area contributed by atoms with E-state index < -0.39 is 4.92 Å². The second kappa shape index (κ2) is 4.97. The van der Waals surface area contributed by atoms with Crippen LogP contribution in [-0.4, -0.2) is 29.5 Å². The molecule has 1 saturated heterocycles. The van der Waals surface area contributed by atoms with Gasteiger partial charge in [0.05, 0.1) is 10.5 Å². The molecule has 0 bridgehead atoms. The molecule has 0 aliphatic carbocycles. The fraction of sp³-hybridized carbons (Fsp3) is 0.462. The third kappa shape index (κ3) is 3.08. The average Bonchev–Trinajstić information content (AvgIpc) is 2.74. The molecule has 0 spiro atoms. The predicted octanol–water partition coefficient (Wildman–Crippen LogP) is 1.39. The molecule has 1 heterocycles. The quantitative estimate of drug-likeness (QED) is 0.637. The first-order chi connectivity index (χ1) is 8.89. The minimum absolute atomic E-state index is 0.0557. The van der Waals surface area contributed by atoms with Gasteiger partial charge in [0.25, 0.3) is 11.6 Å². The normalized spacial score (nSPS) is 22.2. The number of hydrogen-bond acceptors (Lipinski definition) is 4. The highest BCUT2D eigenvalue weighted by Crippen LogP contribution is 2.19. The Bertz CT molecular complexity index is 522. The number of hydrogen-bond donors (Lipinski definition) is 2. The van der Waals surface area contributed by atoms with E-state index in [0.717, 1.165) is 13.0 Å². The van der Waals surface area contributed by atoms with Gasteiger partial charge in [-0.05, 0) is 38.4 Å². The lowest BCUT2D eigenvalue weighted by Crippen LogP contribution is -2.47. The largest absolute Gasteiger partial charge is 0.346 e. The van der Waals surface area contributed by atoms with Crippen LogP contribution in [0.15, 0.2) is 18.2 Å². The molecule has 1 amide bonds. The summed E-state index contributed by atoms with van der Waals surface area (Å²) in [6.07, 6.45) is 0.854. The minimum Gasteiger partial charge on any atom is -0.346 e. The number of nitro groups is 1. The highest BCUT2D eigenvalue weighted by Gasteiger charge is 2.30. The first kappa shape index (κ1) is 13.5. The van der Waals surface area contributed by atoms with Crippen LogP contribution >= 0.6 is 0 Å². The maximum absolute atomic E-state index is 12.2. The lowest BCUT2D eigenvalue weighted by molar-refractivity contribution is -0.384. The van der Waals surface area contributed by atoms with Crippen LogP contribution in [-0.2, 0) is 0 Å². The van der Waals surface area contributed by atoms with E-state index in [-0.39, 0.29) is 17.1 Å². The molecule has 1 aliphatic rings. The summed E-state index contributed by atoms with van der Waals surface area (Å²) in [6, 6.07) is 4.43. The van der Waals surface area contributed by atoms with Gasteiger partial charge in [-0.1, -0.05) is 0 Å². The molecule has 0 saturated carbocycles. The number of benzene rings is 1. The molecular formula is C13H17N3O3. The van der Waals surface area contributed by atoms with E-state index in [1.165, 1.54) is 12.1 Å². The highest BCUT2D eigenvalue weighted by atomic mass is 16.6. The fourth-order valence-corrected chi connectivity index (χ4v) is 2.27. The Morgan fingerprint density at radius 3 is 2.79 bits per heavy atom. The van der Waals surface area contributed by atoms with E-state index >= 15 is 0 Å². The summed E-state index contributed by atoms with van der Waals surface area (Å²) < 4.78 is 0. The number of rotatable bonds is 3. The Hall–Kier alpha value is -1.95. The van der Waals surface area contributed by atoms with Gasteiger partial charge in [-0.15, -0.1) is 0 Å². The molecular weight excluding hydrogens is 246 g/mol. The van der Waals surface area contributed by atoms with E-state index in [0.29, 0.717) is 17.7 Å². The Morgan fingerprint density at radius 1 is 1.47 bits per heavy atom. The number of nitrogens with one attached hydrogen (secondary N) is 2. The molecule has 1 aromatic carbocycles. The number of carbonyl (C=O) groups excluding carboxylic acids is 1. The van der Waals surface area contributed by atoms with Crippen LogP contribution in [0.1, 0.15) is 29.3 Å². The summed E-state index contributed by atoms with van der Waals surface area (Å²) in [7, 11) is 0. The molecule has 1 aromatic rings. The van der Waals surface area contributed by atoms with E-state index in [1.54, 1.807) is 13.0 Å². The predicted molar refractivity (Wildman–Crippen MR) is 71.2 cm³/mol. The molecule has 6 heteroatoms. The average molecular weight is 263 g/mol. The molecule has 1 fully saturated rings. The van der Waals surface area contributed by atoms with Crippen LogP contribution in [0.3, 0.4) is 0 Å². The van der Waals surface area contributed by atoms with Gasteiger partial charge in [-0.2, -0.15) is 0 Å². The van der Waals surface area contributed by atoms with Crippen molar-refractivity contribution in [1.82, 2.24) is 10.6 Å². The Labute approximate surface area is 111 Å². The second-order valence-electron chi connectivity index (χ2n) is 5.26. The zero-order chi connectivity index (χ0) is 14.0. The molecule has 19 heavy (non-hydrogen) atoms. The van der Waals surface area contributed by atoms with Crippen molar-refractivity contribution in [3.8, 4) is 0 Å². The van der Waals surface area contributed by atoms with Crippen LogP contribution in [0.4, 0.5) is 5.69 Å². The lowest BCUT2D eigenvalue weighted by atomic mass is 10.0. The highest BCUT2D eigenvalue weighted by molar-refractivity contribution is 5.95. The van der Waals surface area contributed by atoms with Gasteiger partial charge in [-0.3, -0.25) is 14.9 Å². The van der Waals surface area contributed by atoms with Crippen molar-refractivity contribution >= 4 is 11.6 Å². The minimum atomic E-state index is -0.484. The van der Waals surface area contributed by atoms with Crippen molar-refractivity contribution in [3.05, 3.63) is 39.4 Å². The summed E-state index contributed by atoms with van der Waals surface area (Å²) in [5.74, 6) is -0.266. The summed E-state index contributed by atoms with van der Waals surface area (Å²) >= 11 is 0. The number of non-ortho nitro benzene ring substituents is 1. The SMILES string of the molecule is Cc1cc(C(=O)NC2(C)CCNC2)cc([N+](=O)[O-])c1. The number of amides is 1. The van der Waals surface area contributed by atoms with Crippen LogP contribution in [0.25, 0.3) is 0 Å². The van der Waals surface area contributed by atoms with Gasteiger partial charge in [-0.25, -0.2) is 0 Å². The van der Waals surface area contributed by atoms with Crippen molar-refractivity contribution in [1.29, 1.82) is 0 Å². The summed E-state index contributed by atoms with van der Waals surface area (Å²) in [5.41, 5.74) is 0.698. The van der Waals surface area contributed by atoms with Crippen molar-refractivity contribution in [2.75, 3.05) is 13.1 Å². The summed E-state index contributed by atoms with van der Waals surface area (Å²) in [6.45, 7) is 5.29. The van der Waals surface area contributed by atoms with Gasteiger partial charge in [0.1, 0.15) is 0 Å². The van der Waals surface area contributed by atoms with Gasteiger partial charge in [0, 0.05) is 24.2 Å². The summed E-state index contributed by atoms with van der Waals surface area (Å²) in [4.78, 5) is 22.5. The second-order valence-corrected chi connectivity index (χ2v) is 5.26. The van der Waals surface area contributed by atoms with Crippen molar-refractivity contribution in [2.45, 2.75) is 25.8 Å². The van der Waals surface area contributed by atoms with Gasteiger partial charge < -0.3 is 10.6 Å². The molecule has 1 atom stereocenters. The van der Waals surface area contributed by atoms with E-state index in [1.807, 2.05) is 6.92 Å². The third-order valence-electron chi connectivity index (χ3n) is 3.32. The zero-order valence-electron chi connectivity index (χ0n) is 11.0. The van der Waals surface area contributed by atoms with Crippen molar-refractivity contribution in [2.24, 2.45) is 0 Å². The van der Waals surface area contributed by atoms with E-state index in [2.05, 4.69) is 10.6 Å². The first-order valence-corrected chi connectivity index (χ1v) is 6.19. The zero-order valence-corrected chi connectivity index (χ0v) is 11.0. The van der Waals surface area contributed by atoms with Gasteiger partial charge in [0.15, 0.2) is 0 Å². The molecule has 0 radical (unpaired) electrons. The van der Waals surface area contributed by atoms with Crippen LogP contribution < -0.4 is 10.6 Å². The maximum Gasteiger partial charge on any atom is 0.270 e. The molecule has 6 nitrogen and oxygen atoms in total. The first-order valence-electron chi connectivity index (χ1n) is 6.19. The Balaban J connectivity index is 2.21. The molecule has 102 valence electrons. The smallest absolute Gasteiger partial charge is 0.270 e. The van der Waals surface area contributed by atoms with Crippen molar-refractivity contribution < 1.29 is 9.72 Å². The standard InChI is InChI=1S/C13H17N3O3/c1-9-5-10(7-11(6-9)16(18)19)12(17)15-13(2)3-4-14-8-13/h5-7,14H,3-4,8H2,1-2H3,(H,15,17). The number of nitro benzene ring substituents is 1. The number of carbonyl (C=O) groups is 1. The van der Waals surface area contributed by atoms with Gasteiger partial charge in [0.2, 0.25) is 0 Å². The summed E-state index contributed by atoms with van der Waals surface area (Å²) in [5, 5.41) is 16.9. The van der Waals surface area contributed by atoms with Crippen LogP contribution in [0.5, 0.6) is 0 Å². The van der Waals surface area contributed by atoms with Crippen molar-refractivity contribution in [3.63, 3.8) is 0 Å². The molecule has 2 N–H and O–H groups in total. The third-order valence-corrected chi connectivity index (χ3v) is 3.32. The molecule has 1 unspecified atom stereocenters. The van der Waals surface area contributed by atoms with E-state index in [9.17, 15) is 14.9 Å². The van der Waals surface area contributed by atoms with Crippen LogP contribution in [0, 0.1) is 17.0 Å². The molecule has 1 aliphatic heterocycles. The Morgan fingerprint density at radius 2 is 2.21 bits per heavy atom. The van der Waals surface area contributed by atoms with Crippen LogP contribution in [0.2, 0.25) is 0 Å². The van der Waals surface area contributed by atoms with Gasteiger partial charge >= 0.3 is 0 Å². The molecule has 0 aromatic heterocycles. The molecule has 2 rings (SSSR count).